The fourth-order valence-electron chi connectivity index (χ4n) is 2.95. The van der Waals surface area contributed by atoms with Gasteiger partial charge in [0.15, 0.2) is 0 Å². The highest BCUT2D eigenvalue weighted by atomic mass is 32.2. The molecule has 27 heavy (non-hydrogen) atoms. The van der Waals surface area contributed by atoms with Gasteiger partial charge in [0, 0.05) is 21.3 Å². The molecule has 1 atom stereocenters. The standard InChI is InChI=1S/C16H22FN3O5S2/c1-2-25-15(21)14(11-16(26-20-22)7-9-18-10-8-16)19-27(23,24)13-5-3-12(17)4-6-13/h3-6,14,18-19H,2,7-11H2,1H3. The van der Waals surface area contributed by atoms with E-state index in [2.05, 4.69) is 14.6 Å². The molecule has 2 rings (SSSR count). The Balaban J connectivity index is 2.26. The van der Waals surface area contributed by atoms with Crippen LogP contribution >= 0.6 is 11.9 Å². The number of halogens is 1. The molecular weight excluding hydrogens is 397 g/mol. The van der Waals surface area contributed by atoms with Gasteiger partial charge in [0.05, 0.1) is 11.5 Å². The summed E-state index contributed by atoms with van der Waals surface area (Å²) in [6.07, 6.45) is 1.17. The first-order valence-electron chi connectivity index (χ1n) is 8.48. The zero-order valence-electron chi connectivity index (χ0n) is 14.8. The average Bonchev–Trinajstić information content (AvgIpc) is 2.62. The maximum atomic E-state index is 13.1. The van der Waals surface area contributed by atoms with Crippen LogP contribution in [0.3, 0.4) is 0 Å². The van der Waals surface area contributed by atoms with Crippen molar-refractivity contribution in [2.45, 2.75) is 41.9 Å². The van der Waals surface area contributed by atoms with Crippen LogP contribution in [0.15, 0.2) is 33.7 Å². The van der Waals surface area contributed by atoms with Gasteiger partial charge in [0.2, 0.25) is 10.0 Å². The summed E-state index contributed by atoms with van der Waals surface area (Å²) in [5, 5.41) is 3.16. The van der Waals surface area contributed by atoms with Gasteiger partial charge in [0.1, 0.15) is 11.9 Å². The van der Waals surface area contributed by atoms with Crippen LogP contribution in [0.4, 0.5) is 4.39 Å². The minimum absolute atomic E-state index is 0.0599. The number of nitroso groups, excluding NO2 is 1. The van der Waals surface area contributed by atoms with Crippen LogP contribution in [0.1, 0.15) is 26.2 Å². The summed E-state index contributed by atoms with van der Waals surface area (Å²) < 4.78 is 47.9. The van der Waals surface area contributed by atoms with Crippen molar-refractivity contribution >= 4 is 27.9 Å². The number of rotatable bonds is 9. The van der Waals surface area contributed by atoms with Gasteiger partial charge >= 0.3 is 5.97 Å². The molecule has 0 aliphatic carbocycles. The van der Waals surface area contributed by atoms with Gasteiger partial charge in [-0.2, -0.15) is 4.72 Å². The second kappa shape index (κ2) is 9.58. The first-order chi connectivity index (χ1) is 12.8. The largest absolute Gasteiger partial charge is 0.465 e. The zero-order valence-corrected chi connectivity index (χ0v) is 16.4. The van der Waals surface area contributed by atoms with Crippen molar-refractivity contribution in [3.63, 3.8) is 0 Å². The second-order valence-electron chi connectivity index (χ2n) is 6.18. The van der Waals surface area contributed by atoms with Gasteiger partial charge in [-0.15, -0.1) is 4.91 Å². The Hall–Kier alpha value is -1.56. The number of piperidine rings is 1. The Bertz CT molecular complexity index is 752. The van der Waals surface area contributed by atoms with Crippen LogP contribution in [0.5, 0.6) is 0 Å². The first-order valence-corrected chi connectivity index (χ1v) is 10.7. The predicted octanol–water partition coefficient (Wildman–Crippen LogP) is 1.96. The quantitative estimate of drug-likeness (QED) is 0.357. The van der Waals surface area contributed by atoms with Gasteiger partial charge in [-0.25, -0.2) is 12.8 Å². The van der Waals surface area contributed by atoms with Crippen LogP contribution in [-0.2, 0) is 19.6 Å². The highest BCUT2D eigenvalue weighted by Crippen LogP contribution is 2.39. The van der Waals surface area contributed by atoms with Crippen molar-refractivity contribution in [1.29, 1.82) is 0 Å². The Morgan fingerprint density at radius 2 is 2.00 bits per heavy atom. The lowest BCUT2D eigenvalue weighted by atomic mass is 9.90. The lowest BCUT2D eigenvalue weighted by Gasteiger charge is -2.36. The van der Waals surface area contributed by atoms with Crippen molar-refractivity contribution in [1.82, 2.24) is 10.0 Å². The molecule has 1 aromatic carbocycles. The number of carbonyl (C=O) groups excluding carboxylic acids is 1. The summed E-state index contributed by atoms with van der Waals surface area (Å²) in [6.45, 7) is 2.96. The maximum Gasteiger partial charge on any atom is 0.324 e. The number of benzene rings is 1. The summed E-state index contributed by atoms with van der Waals surface area (Å²) >= 11 is 0.825. The summed E-state index contributed by atoms with van der Waals surface area (Å²) in [7, 11) is -4.08. The van der Waals surface area contributed by atoms with Crippen molar-refractivity contribution in [2.75, 3.05) is 19.7 Å². The van der Waals surface area contributed by atoms with E-state index >= 15 is 0 Å². The number of carbonyl (C=O) groups is 1. The molecule has 11 heteroatoms. The monoisotopic (exact) mass is 419 g/mol. The zero-order chi connectivity index (χ0) is 19.9. The summed E-state index contributed by atoms with van der Waals surface area (Å²) in [5.41, 5.74) is 0. The highest BCUT2D eigenvalue weighted by molar-refractivity contribution is 7.99. The molecule has 150 valence electrons. The van der Waals surface area contributed by atoms with Gasteiger partial charge in [0.25, 0.3) is 0 Å². The molecule has 0 bridgehead atoms. The highest BCUT2D eigenvalue weighted by Gasteiger charge is 2.40. The molecule has 0 aromatic heterocycles. The molecule has 1 aromatic rings. The SMILES string of the molecule is CCOC(=O)C(CC1(SN=O)CCNCC1)NS(=O)(=O)c1ccc(F)cc1. The molecule has 1 unspecified atom stereocenters. The van der Waals surface area contributed by atoms with E-state index in [9.17, 15) is 22.5 Å². The third-order valence-electron chi connectivity index (χ3n) is 4.31. The molecule has 1 heterocycles. The number of nitrogens with zero attached hydrogens (tertiary/aromatic N) is 1. The van der Waals surface area contributed by atoms with E-state index in [-0.39, 0.29) is 17.9 Å². The second-order valence-corrected chi connectivity index (χ2v) is 9.09. The lowest BCUT2D eigenvalue weighted by Crippen LogP contribution is -2.49. The minimum Gasteiger partial charge on any atom is -0.465 e. The van der Waals surface area contributed by atoms with Crippen LogP contribution < -0.4 is 10.0 Å². The molecule has 2 N–H and O–H groups in total. The molecule has 0 amide bonds. The molecule has 1 aliphatic heterocycles. The topological polar surface area (TPSA) is 114 Å². The Morgan fingerprint density at radius 1 is 1.37 bits per heavy atom. The third-order valence-corrected chi connectivity index (χ3v) is 6.84. The average molecular weight is 420 g/mol. The van der Waals surface area contributed by atoms with E-state index in [1.807, 2.05) is 0 Å². The number of sulfonamides is 1. The smallest absolute Gasteiger partial charge is 0.324 e. The van der Waals surface area contributed by atoms with Gasteiger partial charge in [-0.1, -0.05) is 0 Å². The summed E-state index contributed by atoms with van der Waals surface area (Å²) in [4.78, 5) is 23.1. The summed E-state index contributed by atoms with van der Waals surface area (Å²) in [6, 6.07) is 3.08. The Morgan fingerprint density at radius 3 is 2.56 bits per heavy atom. The fourth-order valence-corrected chi connectivity index (χ4v) is 4.92. The van der Waals surface area contributed by atoms with Crippen LogP contribution in [0, 0.1) is 10.7 Å². The predicted molar refractivity (Wildman–Crippen MR) is 100.0 cm³/mol. The number of nitrogens with one attached hydrogen (secondary N) is 2. The van der Waals surface area contributed by atoms with Crippen LogP contribution in [-0.4, -0.2) is 44.9 Å². The van der Waals surface area contributed by atoms with Gasteiger partial charge in [-0.3, -0.25) is 4.79 Å². The molecular formula is C16H22FN3O5S2. The minimum atomic E-state index is -4.08. The fraction of sp³-hybridized carbons (Fsp3) is 0.562. The van der Waals surface area contributed by atoms with Crippen molar-refractivity contribution in [3.8, 4) is 0 Å². The molecule has 1 fully saturated rings. The number of esters is 1. The normalized spacial score (nSPS) is 17.9. The summed E-state index contributed by atoms with van der Waals surface area (Å²) in [5.74, 6) is -1.30. The Kier molecular flexibility index (Phi) is 7.71. The molecule has 0 saturated carbocycles. The van der Waals surface area contributed by atoms with Crippen LogP contribution in [0.25, 0.3) is 0 Å². The van der Waals surface area contributed by atoms with Gasteiger partial charge < -0.3 is 10.1 Å². The first kappa shape index (κ1) is 21.7. The molecule has 0 spiro atoms. The van der Waals surface area contributed by atoms with E-state index in [0.29, 0.717) is 25.9 Å². The van der Waals surface area contributed by atoms with Crippen molar-refractivity contribution < 1.29 is 22.3 Å². The van der Waals surface area contributed by atoms with E-state index in [1.165, 1.54) is 0 Å². The van der Waals surface area contributed by atoms with E-state index in [1.54, 1.807) is 6.92 Å². The number of hydrogen-bond donors (Lipinski definition) is 2. The number of hydrogen-bond acceptors (Lipinski definition) is 8. The van der Waals surface area contributed by atoms with Crippen molar-refractivity contribution in [2.24, 2.45) is 4.58 Å². The van der Waals surface area contributed by atoms with Crippen molar-refractivity contribution in [3.05, 3.63) is 35.0 Å². The van der Waals surface area contributed by atoms with Crippen LogP contribution in [0.2, 0.25) is 0 Å². The number of ether oxygens (including phenoxy) is 1. The third kappa shape index (κ3) is 5.96. The van der Waals surface area contributed by atoms with Gasteiger partial charge in [-0.05, 0) is 63.5 Å². The van der Waals surface area contributed by atoms with E-state index < -0.39 is 32.6 Å². The lowest BCUT2D eigenvalue weighted by molar-refractivity contribution is -0.145. The Labute approximate surface area is 161 Å². The molecule has 0 radical (unpaired) electrons. The van der Waals surface area contributed by atoms with E-state index in [4.69, 9.17) is 4.74 Å². The molecule has 8 nitrogen and oxygen atoms in total. The molecule has 1 aliphatic rings. The maximum absolute atomic E-state index is 13.1. The van der Waals surface area contributed by atoms with E-state index in [0.717, 1.165) is 36.2 Å². The molecule has 1 saturated heterocycles.